The molecule has 108 valence electrons. The number of anilines is 1. The number of carbonyl (C=O) groups is 1. The lowest BCUT2D eigenvalue weighted by Crippen LogP contribution is -2.09. The molecule has 0 bridgehead atoms. The monoisotopic (exact) mass is 323 g/mol. The lowest BCUT2D eigenvalue weighted by molar-refractivity contribution is -0.380. The molecule has 0 aromatic carbocycles. The van der Waals surface area contributed by atoms with Gasteiger partial charge in [-0.2, -0.15) is 0 Å². The first-order valence-electron chi connectivity index (χ1n) is 5.71. The highest BCUT2D eigenvalue weighted by molar-refractivity contribution is 7.18. The molecule has 7 nitrogen and oxygen atoms in total. The Morgan fingerprint density at radius 1 is 1.48 bits per heavy atom. The molecule has 0 aliphatic rings. The van der Waals surface area contributed by atoms with E-state index in [9.17, 15) is 14.9 Å². The van der Waals surface area contributed by atoms with Gasteiger partial charge in [0.15, 0.2) is 5.13 Å². The predicted octanol–water partition coefficient (Wildman–Crippen LogP) is 2.10. The summed E-state index contributed by atoms with van der Waals surface area (Å²) in [7, 11) is 0. The van der Waals surface area contributed by atoms with Crippen LogP contribution in [0.3, 0.4) is 0 Å². The van der Waals surface area contributed by atoms with Crippen LogP contribution in [0, 0.1) is 22.0 Å². The number of hydrogen-bond acceptors (Lipinski definition) is 7. The molecule has 0 fully saturated rings. The summed E-state index contributed by atoms with van der Waals surface area (Å²) in [5.74, 6) is 5.11. The number of aliphatic hydroxyl groups is 1. The van der Waals surface area contributed by atoms with Gasteiger partial charge < -0.3 is 5.11 Å². The normalized spacial score (nSPS) is 9.76. The van der Waals surface area contributed by atoms with Crippen molar-refractivity contribution in [3.63, 3.8) is 0 Å². The molecule has 21 heavy (non-hydrogen) atoms. The highest BCUT2D eigenvalue weighted by Gasteiger charge is 2.16. The van der Waals surface area contributed by atoms with Gasteiger partial charge in [-0.25, -0.2) is 4.98 Å². The number of hydrogen-bond donors (Lipinski definition) is 2. The van der Waals surface area contributed by atoms with E-state index in [-0.39, 0.29) is 16.5 Å². The quantitative estimate of drug-likeness (QED) is 0.509. The molecule has 2 aromatic heterocycles. The van der Waals surface area contributed by atoms with Gasteiger partial charge in [-0.05, 0) is 6.07 Å². The zero-order valence-electron chi connectivity index (χ0n) is 10.5. The number of aromatic nitrogens is 1. The Bertz CT molecular complexity index is 726. The lowest BCUT2D eigenvalue weighted by atomic mass is 10.4. The Morgan fingerprint density at radius 2 is 2.29 bits per heavy atom. The maximum atomic E-state index is 11.9. The minimum Gasteiger partial charge on any atom is -0.395 e. The number of nitro groups is 1. The molecule has 2 N–H and O–H groups in total. The van der Waals surface area contributed by atoms with Crippen LogP contribution in [0.2, 0.25) is 0 Å². The lowest BCUT2D eigenvalue weighted by Gasteiger charge is -1.96. The number of amides is 1. The van der Waals surface area contributed by atoms with Crippen LogP contribution in [0.1, 0.15) is 21.0 Å². The van der Waals surface area contributed by atoms with Gasteiger partial charge in [-0.3, -0.25) is 20.2 Å². The molecule has 0 aliphatic heterocycles. The fourth-order valence-electron chi connectivity index (χ4n) is 1.30. The van der Waals surface area contributed by atoms with Gasteiger partial charge in [0.1, 0.15) is 0 Å². The van der Waals surface area contributed by atoms with Crippen molar-refractivity contribution in [2.75, 3.05) is 11.9 Å². The summed E-state index contributed by atoms with van der Waals surface area (Å²) in [6, 6.07) is 2.68. The van der Waals surface area contributed by atoms with E-state index in [0.29, 0.717) is 16.4 Å². The van der Waals surface area contributed by atoms with Gasteiger partial charge >= 0.3 is 5.00 Å². The van der Waals surface area contributed by atoms with E-state index in [0.717, 1.165) is 11.3 Å². The molecule has 0 spiro atoms. The van der Waals surface area contributed by atoms with E-state index in [1.807, 2.05) is 0 Å². The SMILES string of the molecule is O=C(Nc1ncc(C#CCCO)s1)c1ccc([N+](=O)[O-])s1. The molecule has 2 heterocycles. The van der Waals surface area contributed by atoms with E-state index < -0.39 is 10.8 Å². The minimum atomic E-state index is -0.542. The highest BCUT2D eigenvalue weighted by Crippen LogP contribution is 2.25. The van der Waals surface area contributed by atoms with Crippen molar-refractivity contribution in [3.8, 4) is 11.8 Å². The molecule has 9 heteroatoms. The highest BCUT2D eigenvalue weighted by atomic mass is 32.1. The van der Waals surface area contributed by atoms with Crippen LogP contribution < -0.4 is 5.32 Å². The van der Waals surface area contributed by atoms with Crippen molar-refractivity contribution in [1.82, 2.24) is 4.98 Å². The number of rotatable bonds is 4. The summed E-state index contributed by atoms with van der Waals surface area (Å²) >= 11 is 1.99. The largest absolute Gasteiger partial charge is 0.395 e. The molecule has 1 amide bonds. The summed E-state index contributed by atoms with van der Waals surface area (Å²) in [6.07, 6.45) is 1.89. The van der Waals surface area contributed by atoms with Gasteiger partial charge in [0, 0.05) is 12.5 Å². The molecule has 0 radical (unpaired) electrons. The van der Waals surface area contributed by atoms with Crippen LogP contribution in [0.5, 0.6) is 0 Å². The third-order valence-electron chi connectivity index (χ3n) is 2.17. The van der Waals surface area contributed by atoms with Crippen LogP contribution >= 0.6 is 22.7 Å². The summed E-state index contributed by atoms with van der Waals surface area (Å²) in [6.45, 7) is -0.00739. The van der Waals surface area contributed by atoms with Gasteiger partial charge in [-0.1, -0.05) is 34.5 Å². The van der Waals surface area contributed by atoms with Crippen LogP contribution in [0.4, 0.5) is 10.1 Å². The Balaban J connectivity index is 2.02. The molecule has 2 aromatic rings. The molecular formula is C12H9N3O4S2. The van der Waals surface area contributed by atoms with Crippen molar-refractivity contribution in [2.24, 2.45) is 0 Å². The molecule has 0 saturated heterocycles. The van der Waals surface area contributed by atoms with E-state index in [1.54, 1.807) is 0 Å². The van der Waals surface area contributed by atoms with Crippen molar-refractivity contribution in [2.45, 2.75) is 6.42 Å². The van der Waals surface area contributed by atoms with E-state index >= 15 is 0 Å². The fraction of sp³-hybridized carbons (Fsp3) is 0.167. The topological polar surface area (TPSA) is 105 Å². The maximum absolute atomic E-state index is 11.9. The third-order valence-corrected chi connectivity index (χ3v) is 4.03. The van der Waals surface area contributed by atoms with Gasteiger partial charge in [0.2, 0.25) is 0 Å². The Hall–Kier alpha value is -2.28. The number of aliphatic hydroxyl groups excluding tert-OH is 1. The van der Waals surface area contributed by atoms with E-state index in [2.05, 4.69) is 22.1 Å². The van der Waals surface area contributed by atoms with Gasteiger partial charge in [-0.15, -0.1) is 0 Å². The predicted molar refractivity (Wildman–Crippen MR) is 79.6 cm³/mol. The maximum Gasteiger partial charge on any atom is 0.324 e. The zero-order valence-corrected chi connectivity index (χ0v) is 12.2. The molecule has 0 atom stereocenters. The number of nitrogens with zero attached hydrogens (tertiary/aromatic N) is 2. The second-order valence-corrected chi connectivity index (χ2v) is 5.75. The van der Waals surface area contributed by atoms with Crippen molar-refractivity contribution in [1.29, 1.82) is 0 Å². The number of thiophene rings is 1. The van der Waals surface area contributed by atoms with Gasteiger partial charge in [0.05, 0.1) is 27.5 Å². The Morgan fingerprint density at radius 3 is 2.95 bits per heavy atom. The Labute approximate surface area is 127 Å². The molecule has 0 saturated carbocycles. The van der Waals surface area contributed by atoms with Crippen molar-refractivity contribution in [3.05, 3.63) is 38.2 Å². The summed E-state index contributed by atoms with van der Waals surface area (Å²) < 4.78 is 0. The first-order chi connectivity index (χ1) is 10.1. The average Bonchev–Trinajstić information content (AvgIpc) is 3.08. The molecular weight excluding hydrogens is 314 g/mol. The van der Waals surface area contributed by atoms with Crippen LogP contribution in [-0.4, -0.2) is 27.5 Å². The summed E-state index contributed by atoms with van der Waals surface area (Å²) in [4.78, 5) is 26.8. The molecule has 2 rings (SSSR count). The smallest absolute Gasteiger partial charge is 0.324 e. The standard InChI is InChI=1S/C12H9N3O4S2/c16-6-2-1-3-8-7-13-12(20-8)14-11(17)9-4-5-10(21-9)15(18)19/h4-5,7,16H,2,6H2,(H,13,14,17). The number of carbonyl (C=O) groups excluding carboxylic acids is 1. The molecule has 0 aliphatic carbocycles. The molecule has 0 unspecified atom stereocenters. The van der Waals surface area contributed by atoms with E-state index in [1.165, 1.54) is 29.7 Å². The second-order valence-electron chi connectivity index (χ2n) is 3.65. The van der Waals surface area contributed by atoms with Crippen LogP contribution in [-0.2, 0) is 0 Å². The van der Waals surface area contributed by atoms with Crippen LogP contribution in [0.15, 0.2) is 18.3 Å². The first kappa shape index (κ1) is 15.1. The fourth-order valence-corrected chi connectivity index (χ4v) is 2.70. The first-order valence-corrected chi connectivity index (χ1v) is 7.34. The third kappa shape index (κ3) is 4.09. The van der Waals surface area contributed by atoms with Crippen molar-refractivity contribution < 1.29 is 14.8 Å². The van der Waals surface area contributed by atoms with Gasteiger partial charge in [0.25, 0.3) is 5.91 Å². The zero-order chi connectivity index (χ0) is 15.2. The van der Waals surface area contributed by atoms with Crippen LogP contribution in [0.25, 0.3) is 0 Å². The summed E-state index contributed by atoms with van der Waals surface area (Å²) in [5.41, 5.74) is 0. The second kappa shape index (κ2) is 6.94. The number of thiazole rings is 1. The number of nitrogens with one attached hydrogen (secondary N) is 1. The Kier molecular flexibility index (Phi) is 4.99. The van der Waals surface area contributed by atoms with E-state index in [4.69, 9.17) is 5.11 Å². The van der Waals surface area contributed by atoms with Crippen molar-refractivity contribution >= 4 is 38.7 Å². The average molecular weight is 323 g/mol. The summed E-state index contributed by atoms with van der Waals surface area (Å²) in [5, 5.41) is 22.0. The minimum absolute atomic E-state index is 0.00739.